The number of benzene rings is 4. The van der Waals surface area contributed by atoms with Crippen molar-refractivity contribution < 1.29 is 37.4 Å². The van der Waals surface area contributed by atoms with E-state index < -0.39 is 42.4 Å². The van der Waals surface area contributed by atoms with E-state index >= 15 is 0 Å². The molecule has 0 fully saturated rings. The van der Waals surface area contributed by atoms with E-state index in [0.717, 1.165) is 28.3 Å². The van der Waals surface area contributed by atoms with Crippen molar-refractivity contribution in [2.24, 2.45) is 0 Å². The predicted molar refractivity (Wildman–Crippen MR) is 156 cm³/mol. The second kappa shape index (κ2) is 13.4. The Bertz CT molecular complexity index is 1600. The van der Waals surface area contributed by atoms with E-state index in [9.17, 15) is 32.7 Å². The summed E-state index contributed by atoms with van der Waals surface area (Å²) in [5.74, 6) is -2.06. The highest BCUT2D eigenvalue weighted by Crippen LogP contribution is 2.35. The lowest BCUT2D eigenvalue weighted by Gasteiger charge is -2.21. The monoisotopic (exact) mass is 589 g/mol. The van der Waals surface area contributed by atoms with Gasteiger partial charge in [0, 0.05) is 24.9 Å². The van der Waals surface area contributed by atoms with Gasteiger partial charge in [0.25, 0.3) is 5.91 Å². The van der Waals surface area contributed by atoms with Crippen LogP contribution in [0.1, 0.15) is 38.2 Å². The molecule has 0 aliphatic heterocycles. The largest absolute Gasteiger partial charge is 0.497 e. The van der Waals surface area contributed by atoms with Crippen LogP contribution in [0.25, 0.3) is 11.1 Å². The second-order valence-corrected chi connectivity index (χ2v) is 10.2. The number of aryl methyl sites for hydroxylation is 1. The fraction of sp³-hybridized carbons (Fsp3) is 0.206. The molecule has 1 N–H and O–H groups in total. The highest BCUT2D eigenvalue weighted by molar-refractivity contribution is 5.96. The molecule has 9 heteroatoms. The van der Waals surface area contributed by atoms with Crippen LogP contribution in [0.2, 0.25) is 0 Å². The number of rotatable bonds is 11. The van der Waals surface area contributed by atoms with E-state index in [1.807, 2.05) is 55.5 Å². The summed E-state index contributed by atoms with van der Waals surface area (Å²) in [7, 11) is 1.26. The number of carboxylic acids is 1. The molecular formula is C34H30F3NO5. The molecule has 0 saturated carbocycles. The molecular weight excluding hydrogens is 559 g/mol. The number of ketones is 1. The molecule has 0 aliphatic rings. The average Bonchev–Trinajstić information content (AvgIpc) is 2.97. The molecule has 43 heavy (non-hydrogen) atoms. The Morgan fingerprint density at radius 1 is 0.791 bits per heavy atom. The van der Waals surface area contributed by atoms with E-state index in [4.69, 9.17) is 4.74 Å². The van der Waals surface area contributed by atoms with Crippen LogP contribution in [-0.4, -0.2) is 41.3 Å². The average molecular weight is 590 g/mol. The van der Waals surface area contributed by atoms with Crippen molar-refractivity contribution >= 4 is 17.7 Å². The highest BCUT2D eigenvalue weighted by atomic mass is 19.4. The van der Waals surface area contributed by atoms with Gasteiger partial charge in [0.2, 0.25) is 0 Å². The zero-order valence-corrected chi connectivity index (χ0v) is 23.6. The molecule has 0 heterocycles. The molecule has 0 saturated heterocycles. The number of hydrogen-bond donors (Lipinski definition) is 1. The number of aliphatic carboxylic acids is 1. The standard InChI is InChI=1S/C34H30F3NO5/c1-22-3-9-25(10-4-22)26-11-7-24(8-12-26)20-38(21-32(40)41)33(42)27-13-5-23(6-14-27)17-29(39)18-28-15-16-30(43-2)19-31(28)34(35,36)37/h3-16,19H,17-18,20-21H2,1-2H3,(H,40,41). The number of Topliss-reactive ketones (excluding diaryl/α,β-unsaturated/α-hetero) is 1. The molecule has 6 nitrogen and oxygen atoms in total. The number of carbonyl (C=O) groups excluding carboxylic acids is 2. The Morgan fingerprint density at radius 3 is 1.93 bits per heavy atom. The first kappa shape index (κ1) is 31.0. The Morgan fingerprint density at radius 2 is 1.37 bits per heavy atom. The molecule has 0 bridgehead atoms. The molecule has 0 radical (unpaired) electrons. The molecule has 222 valence electrons. The van der Waals surface area contributed by atoms with Gasteiger partial charge in [0.05, 0.1) is 12.7 Å². The summed E-state index contributed by atoms with van der Waals surface area (Å²) in [5.41, 5.74) is 3.60. The van der Waals surface area contributed by atoms with Crippen LogP contribution in [0.15, 0.2) is 91.0 Å². The molecule has 0 atom stereocenters. The minimum Gasteiger partial charge on any atom is -0.497 e. The Kier molecular flexibility index (Phi) is 9.65. The predicted octanol–water partition coefficient (Wildman–Crippen LogP) is 6.77. The third-order valence-corrected chi connectivity index (χ3v) is 6.94. The van der Waals surface area contributed by atoms with Crippen molar-refractivity contribution in [3.05, 3.63) is 124 Å². The fourth-order valence-corrected chi connectivity index (χ4v) is 4.68. The Balaban J connectivity index is 1.43. The maximum atomic E-state index is 13.5. The van der Waals surface area contributed by atoms with Crippen LogP contribution in [0.4, 0.5) is 13.2 Å². The molecule has 0 aromatic heterocycles. The second-order valence-electron chi connectivity index (χ2n) is 10.2. The zero-order valence-electron chi connectivity index (χ0n) is 23.6. The van der Waals surface area contributed by atoms with Crippen LogP contribution in [0.3, 0.4) is 0 Å². The van der Waals surface area contributed by atoms with Gasteiger partial charge in [-0.05, 0) is 59.0 Å². The Hall–Kier alpha value is -4.92. The van der Waals surface area contributed by atoms with Crippen molar-refractivity contribution in [1.29, 1.82) is 0 Å². The lowest BCUT2D eigenvalue weighted by Crippen LogP contribution is -2.35. The van der Waals surface area contributed by atoms with Crippen molar-refractivity contribution in [1.82, 2.24) is 4.90 Å². The van der Waals surface area contributed by atoms with Gasteiger partial charge in [-0.25, -0.2) is 0 Å². The molecule has 4 aromatic rings. The lowest BCUT2D eigenvalue weighted by atomic mass is 9.97. The topological polar surface area (TPSA) is 83.9 Å². The van der Waals surface area contributed by atoms with Gasteiger partial charge >= 0.3 is 12.1 Å². The van der Waals surface area contributed by atoms with E-state index in [0.29, 0.717) is 5.56 Å². The third-order valence-electron chi connectivity index (χ3n) is 6.94. The molecule has 0 unspecified atom stereocenters. The zero-order chi connectivity index (χ0) is 31.1. The van der Waals surface area contributed by atoms with Crippen molar-refractivity contribution in [2.45, 2.75) is 32.5 Å². The van der Waals surface area contributed by atoms with Gasteiger partial charge < -0.3 is 14.7 Å². The molecule has 4 aromatic carbocycles. The summed E-state index contributed by atoms with van der Waals surface area (Å²) in [4.78, 5) is 38.7. The minimum atomic E-state index is -4.64. The first-order valence-corrected chi connectivity index (χ1v) is 13.4. The van der Waals surface area contributed by atoms with Crippen LogP contribution in [0.5, 0.6) is 5.75 Å². The maximum Gasteiger partial charge on any atom is 0.416 e. The normalized spacial score (nSPS) is 11.2. The summed E-state index contributed by atoms with van der Waals surface area (Å²) in [5, 5.41) is 9.43. The maximum absolute atomic E-state index is 13.5. The first-order valence-electron chi connectivity index (χ1n) is 13.4. The van der Waals surface area contributed by atoms with Crippen LogP contribution in [0, 0.1) is 6.92 Å². The molecule has 0 spiro atoms. The highest BCUT2D eigenvalue weighted by Gasteiger charge is 2.34. The van der Waals surface area contributed by atoms with Crippen molar-refractivity contribution in [2.75, 3.05) is 13.7 Å². The van der Waals surface area contributed by atoms with E-state index in [1.54, 1.807) is 12.1 Å². The number of ether oxygens (including phenoxy) is 1. The van der Waals surface area contributed by atoms with Gasteiger partial charge in [0.1, 0.15) is 18.1 Å². The minimum absolute atomic E-state index is 0.0417. The van der Waals surface area contributed by atoms with Crippen LogP contribution in [-0.2, 0) is 35.2 Å². The Labute approximate surface area is 247 Å². The number of amides is 1. The number of carboxylic acid groups (broad SMARTS) is 1. The number of alkyl halides is 3. The van der Waals surface area contributed by atoms with E-state index in [1.165, 1.54) is 36.3 Å². The summed E-state index contributed by atoms with van der Waals surface area (Å²) in [6.07, 6.45) is -5.20. The van der Waals surface area contributed by atoms with Crippen molar-refractivity contribution in [3.8, 4) is 16.9 Å². The van der Waals surface area contributed by atoms with Gasteiger partial charge in [0.15, 0.2) is 0 Å². The van der Waals surface area contributed by atoms with Gasteiger partial charge in [-0.3, -0.25) is 14.4 Å². The van der Waals surface area contributed by atoms with E-state index in [-0.39, 0.29) is 29.8 Å². The first-order chi connectivity index (χ1) is 20.4. The number of halogens is 3. The van der Waals surface area contributed by atoms with Crippen molar-refractivity contribution in [3.63, 3.8) is 0 Å². The number of nitrogens with zero attached hydrogens (tertiary/aromatic N) is 1. The van der Waals surface area contributed by atoms with Crippen LogP contribution < -0.4 is 4.74 Å². The number of methoxy groups -OCH3 is 1. The SMILES string of the molecule is COc1ccc(CC(=O)Cc2ccc(C(=O)N(CC(=O)O)Cc3ccc(-c4ccc(C)cc4)cc3)cc2)c(C(F)(F)F)c1. The fourth-order valence-electron chi connectivity index (χ4n) is 4.68. The molecule has 1 amide bonds. The van der Waals surface area contributed by atoms with Gasteiger partial charge in [-0.1, -0.05) is 72.3 Å². The summed E-state index contributed by atoms with van der Waals surface area (Å²) >= 11 is 0. The van der Waals surface area contributed by atoms with Gasteiger partial charge in [-0.2, -0.15) is 13.2 Å². The third kappa shape index (κ3) is 8.31. The molecule has 0 aliphatic carbocycles. The smallest absolute Gasteiger partial charge is 0.416 e. The van der Waals surface area contributed by atoms with Crippen LogP contribution >= 0.6 is 0 Å². The summed E-state index contributed by atoms with van der Waals surface area (Å²) < 4.78 is 45.4. The lowest BCUT2D eigenvalue weighted by molar-refractivity contribution is -0.139. The summed E-state index contributed by atoms with van der Waals surface area (Å²) in [6, 6.07) is 25.1. The summed E-state index contributed by atoms with van der Waals surface area (Å²) in [6.45, 7) is 1.57. The number of carbonyl (C=O) groups is 3. The quantitative estimate of drug-likeness (QED) is 0.209. The molecule has 4 rings (SSSR count). The van der Waals surface area contributed by atoms with Gasteiger partial charge in [-0.15, -0.1) is 0 Å². The number of hydrogen-bond acceptors (Lipinski definition) is 4. The van der Waals surface area contributed by atoms with E-state index in [2.05, 4.69) is 0 Å².